The highest BCUT2D eigenvalue weighted by Crippen LogP contribution is 2.32. The van der Waals surface area contributed by atoms with E-state index in [2.05, 4.69) is 15.9 Å². The molecule has 0 bridgehead atoms. The quantitative estimate of drug-likeness (QED) is 0.904. The van der Waals surface area contributed by atoms with Gasteiger partial charge in [0, 0.05) is 17.4 Å². The molecule has 0 radical (unpaired) electrons. The zero-order chi connectivity index (χ0) is 13.9. The molecule has 100 valence electrons. The summed E-state index contributed by atoms with van der Waals surface area (Å²) in [7, 11) is 0. The van der Waals surface area contributed by atoms with Gasteiger partial charge in [0.1, 0.15) is 5.82 Å². The van der Waals surface area contributed by atoms with Crippen LogP contribution in [0.4, 0.5) is 8.78 Å². The van der Waals surface area contributed by atoms with E-state index < -0.39 is 5.67 Å². The molecule has 0 aliphatic heterocycles. The average Bonchev–Trinajstić information content (AvgIpc) is 2.43. The standard InChI is InChI=1S/C15H14BrF2N/c16-14-8-13(17)7-6-11(14)9-15(18,10-19)12-4-2-1-3-5-12/h1-8H,9-10,19H2. The van der Waals surface area contributed by atoms with Crippen molar-refractivity contribution in [3.8, 4) is 0 Å². The second kappa shape index (κ2) is 5.80. The van der Waals surface area contributed by atoms with Crippen molar-refractivity contribution in [2.45, 2.75) is 12.1 Å². The molecule has 0 amide bonds. The number of rotatable bonds is 4. The Hall–Kier alpha value is -1.26. The van der Waals surface area contributed by atoms with Crippen LogP contribution in [-0.4, -0.2) is 6.54 Å². The third kappa shape index (κ3) is 3.19. The maximum atomic E-state index is 15.0. The molecule has 1 unspecified atom stereocenters. The molecule has 2 aromatic carbocycles. The molecular weight excluding hydrogens is 312 g/mol. The van der Waals surface area contributed by atoms with Crippen molar-refractivity contribution < 1.29 is 8.78 Å². The molecular formula is C15H14BrF2N. The summed E-state index contributed by atoms with van der Waals surface area (Å²) in [5, 5.41) is 0. The van der Waals surface area contributed by atoms with E-state index in [9.17, 15) is 8.78 Å². The minimum Gasteiger partial charge on any atom is -0.327 e. The molecule has 0 saturated heterocycles. The molecule has 4 heteroatoms. The summed E-state index contributed by atoms with van der Waals surface area (Å²) in [5.74, 6) is -0.354. The van der Waals surface area contributed by atoms with Gasteiger partial charge in [-0.2, -0.15) is 0 Å². The first-order chi connectivity index (χ1) is 9.05. The first-order valence-corrected chi connectivity index (χ1v) is 6.73. The van der Waals surface area contributed by atoms with Crippen molar-refractivity contribution in [3.63, 3.8) is 0 Å². The number of halogens is 3. The Balaban J connectivity index is 2.33. The van der Waals surface area contributed by atoms with E-state index in [1.807, 2.05) is 6.07 Å². The van der Waals surface area contributed by atoms with Gasteiger partial charge in [-0.1, -0.05) is 52.3 Å². The highest BCUT2D eigenvalue weighted by Gasteiger charge is 2.31. The second-order valence-electron chi connectivity index (χ2n) is 4.45. The van der Waals surface area contributed by atoms with Crippen molar-refractivity contribution in [1.82, 2.24) is 0 Å². The smallest absolute Gasteiger partial charge is 0.152 e. The number of nitrogens with two attached hydrogens (primary N) is 1. The summed E-state index contributed by atoms with van der Waals surface area (Å²) in [4.78, 5) is 0. The van der Waals surface area contributed by atoms with E-state index in [0.29, 0.717) is 15.6 Å². The lowest BCUT2D eigenvalue weighted by atomic mass is 9.89. The molecule has 2 N–H and O–H groups in total. The molecule has 0 spiro atoms. The van der Waals surface area contributed by atoms with Crippen LogP contribution in [0.15, 0.2) is 53.0 Å². The van der Waals surface area contributed by atoms with Crippen LogP contribution in [0.25, 0.3) is 0 Å². The number of hydrogen-bond donors (Lipinski definition) is 1. The molecule has 0 heterocycles. The first-order valence-electron chi connectivity index (χ1n) is 5.93. The summed E-state index contributed by atoms with van der Waals surface area (Å²) in [5.41, 5.74) is 5.18. The SMILES string of the molecule is NCC(F)(Cc1ccc(F)cc1Br)c1ccccc1. The zero-order valence-corrected chi connectivity index (χ0v) is 11.8. The Morgan fingerprint density at radius 1 is 1.11 bits per heavy atom. The number of benzene rings is 2. The Kier molecular flexibility index (Phi) is 4.32. The van der Waals surface area contributed by atoms with Gasteiger partial charge in [-0.3, -0.25) is 0 Å². The van der Waals surface area contributed by atoms with Gasteiger partial charge in [-0.15, -0.1) is 0 Å². The lowest BCUT2D eigenvalue weighted by Crippen LogP contribution is -2.32. The predicted molar refractivity (Wildman–Crippen MR) is 76.1 cm³/mol. The van der Waals surface area contributed by atoms with Gasteiger partial charge in [0.15, 0.2) is 5.67 Å². The number of alkyl halides is 1. The lowest BCUT2D eigenvalue weighted by molar-refractivity contribution is 0.175. The number of hydrogen-bond acceptors (Lipinski definition) is 1. The first kappa shape index (κ1) is 14.2. The van der Waals surface area contributed by atoms with Gasteiger partial charge >= 0.3 is 0 Å². The van der Waals surface area contributed by atoms with Crippen LogP contribution in [0.2, 0.25) is 0 Å². The molecule has 19 heavy (non-hydrogen) atoms. The normalized spacial score (nSPS) is 14.1. The minimum atomic E-state index is -1.65. The van der Waals surface area contributed by atoms with Crippen LogP contribution in [0.3, 0.4) is 0 Å². The van der Waals surface area contributed by atoms with E-state index in [1.165, 1.54) is 12.1 Å². The average molecular weight is 326 g/mol. The van der Waals surface area contributed by atoms with Crippen LogP contribution < -0.4 is 5.73 Å². The van der Waals surface area contributed by atoms with E-state index >= 15 is 0 Å². The molecule has 2 rings (SSSR count). The minimum absolute atomic E-state index is 0.106. The topological polar surface area (TPSA) is 26.0 Å². The van der Waals surface area contributed by atoms with Crippen molar-refractivity contribution >= 4 is 15.9 Å². The highest BCUT2D eigenvalue weighted by atomic mass is 79.9. The molecule has 0 aromatic heterocycles. The van der Waals surface area contributed by atoms with Gasteiger partial charge in [0.2, 0.25) is 0 Å². The molecule has 1 nitrogen and oxygen atoms in total. The van der Waals surface area contributed by atoms with Crippen molar-refractivity contribution in [1.29, 1.82) is 0 Å². The van der Waals surface area contributed by atoms with E-state index in [0.717, 1.165) is 0 Å². The van der Waals surface area contributed by atoms with Gasteiger partial charge in [0.25, 0.3) is 0 Å². The Labute approximate surface area is 119 Å². The van der Waals surface area contributed by atoms with Crippen LogP contribution in [0.5, 0.6) is 0 Å². The van der Waals surface area contributed by atoms with Gasteiger partial charge in [-0.05, 0) is 23.3 Å². The van der Waals surface area contributed by atoms with E-state index in [4.69, 9.17) is 5.73 Å². The molecule has 1 atom stereocenters. The molecule has 0 fully saturated rings. The molecule has 2 aromatic rings. The van der Waals surface area contributed by atoms with Crippen LogP contribution in [0, 0.1) is 5.82 Å². The fraction of sp³-hybridized carbons (Fsp3) is 0.200. The predicted octanol–water partition coefficient (Wildman–Crippen LogP) is 3.95. The monoisotopic (exact) mass is 325 g/mol. The van der Waals surface area contributed by atoms with Crippen molar-refractivity contribution in [3.05, 3.63) is 69.9 Å². The van der Waals surface area contributed by atoms with E-state index in [-0.39, 0.29) is 18.8 Å². The Morgan fingerprint density at radius 3 is 2.37 bits per heavy atom. The summed E-state index contributed by atoms with van der Waals surface area (Å²) < 4.78 is 28.6. The van der Waals surface area contributed by atoms with Crippen LogP contribution >= 0.6 is 15.9 Å². The zero-order valence-electron chi connectivity index (χ0n) is 10.2. The molecule has 0 aliphatic carbocycles. The third-order valence-electron chi connectivity index (χ3n) is 3.10. The fourth-order valence-corrected chi connectivity index (χ4v) is 2.49. The second-order valence-corrected chi connectivity index (χ2v) is 5.30. The summed E-state index contributed by atoms with van der Waals surface area (Å²) in [6, 6.07) is 13.0. The Bertz CT molecular complexity index is 559. The van der Waals surface area contributed by atoms with Gasteiger partial charge in [-0.25, -0.2) is 8.78 Å². The van der Waals surface area contributed by atoms with Gasteiger partial charge in [0.05, 0.1) is 0 Å². The van der Waals surface area contributed by atoms with Crippen LogP contribution in [-0.2, 0) is 12.1 Å². The summed E-state index contributed by atoms with van der Waals surface area (Å²) >= 11 is 3.25. The van der Waals surface area contributed by atoms with Gasteiger partial charge < -0.3 is 5.73 Å². The maximum Gasteiger partial charge on any atom is 0.152 e. The fourth-order valence-electron chi connectivity index (χ4n) is 2.00. The molecule has 0 saturated carbocycles. The lowest BCUT2D eigenvalue weighted by Gasteiger charge is -2.25. The molecule has 0 aliphatic rings. The highest BCUT2D eigenvalue weighted by molar-refractivity contribution is 9.10. The summed E-state index contributed by atoms with van der Waals surface area (Å²) in [6.07, 6.45) is 0.106. The maximum absolute atomic E-state index is 15.0. The van der Waals surface area contributed by atoms with Crippen LogP contribution in [0.1, 0.15) is 11.1 Å². The Morgan fingerprint density at radius 2 is 1.79 bits per heavy atom. The largest absolute Gasteiger partial charge is 0.327 e. The van der Waals surface area contributed by atoms with Crippen molar-refractivity contribution in [2.24, 2.45) is 5.73 Å². The van der Waals surface area contributed by atoms with Crippen molar-refractivity contribution in [2.75, 3.05) is 6.54 Å². The van der Waals surface area contributed by atoms with E-state index in [1.54, 1.807) is 30.3 Å². The third-order valence-corrected chi connectivity index (χ3v) is 3.84. The summed E-state index contributed by atoms with van der Waals surface area (Å²) in [6.45, 7) is -0.124.